The third-order valence-corrected chi connectivity index (χ3v) is 15.3. The molecule has 3 aromatic carbocycles. The number of unbranched alkanes of at least 4 members (excludes halogenated alkanes) is 1. The van der Waals surface area contributed by atoms with Crippen LogP contribution in [0.4, 0.5) is 0 Å². The Morgan fingerprint density at radius 3 is 2.17 bits per heavy atom. The number of halogens is 2. The van der Waals surface area contributed by atoms with E-state index in [-0.39, 0.29) is 24.8 Å². The first-order valence-electron chi connectivity index (χ1n) is 14.8. The fraction of sp³-hybridized carbons (Fsp3) is 0.297. The molecule has 2 aliphatic heterocycles. The number of para-hydroxylation sites is 1. The summed E-state index contributed by atoms with van der Waals surface area (Å²) < 4.78 is 3.12. The van der Waals surface area contributed by atoms with E-state index in [1.165, 1.54) is 69.7 Å². The van der Waals surface area contributed by atoms with E-state index in [0.29, 0.717) is 3.63 Å². The maximum atomic E-state index is 2.52. The minimum Gasteiger partial charge on any atom is -1.00 e. The number of hydrogen-bond donors (Lipinski definition) is 0. The van der Waals surface area contributed by atoms with E-state index >= 15 is 0 Å². The molecule has 215 valence electrons. The van der Waals surface area contributed by atoms with Crippen LogP contribution in [0.5, 0.6) is 0 Å². The van der Waals surface area contributed by atoms with Gasteiger partial charge >= 0.3 is 143 Å². The number of aromatic nitrogens is 1. The van der Waals surface area contributed by atoms with Crippen LogP contribution in [0.2, 0.25) is 13.1 Å². The summed E-state index contributed by atoms with van der Waals surface area (Å²) in [5.74, 6) is 0. The van der Waals surface area contributed by atoms with Crippen LogP contribution in [0.25, 0.3) is 28.1 Å². The molecule has 2 bridgehead atoms. The minimum atomic E-state index is -1.19. The maximum Gasteiger partial charge on any atom is -1.00 e. The Morgan fingerprint density at radius 1 is 0.833 bits per heavy atom. The molecule has 8 rings (SSSR count). The molecule has 0 spiro atoms. The molecule has 2 aliphatic carbocycles. The standard InChI is InChI=1S/C20H21.C17H19NSi.2ClH.Zr/c1-3-4-6-16-9-11-17(12-10-16)19-8-5-7-18-13-15(2)14-20(18)19;1-11-10-14-15(17-12(2)16(14)19(17,3)4)18(11)13-8-6-5-7-9-13;;;/h5,7-14H,3-4,6H2,1-2H3;5-10,16H,1-4H3;2*1H;/q;;;;+2/p-2. The number of nitrogens with zero attached hydrogens (tertiary/aromatic N) is 1. The van der Waals surface area contributed by atoms with Crippen LogP contribution < -0.4 is 24.8 Å². The number of fused-ring (bicyclic) bond motifs is 1. The Labute approximate surface area is 281 Å². The summed E-state index contributed by atoms with van der Waals surface area (Å²) in [6.45, 7) is 14.1. The Bertz CT molecular complexity index is 1650. The minimum absolute atomic E-state index is 0. The Balaban J connectivity index is 0.000000185. The monoisotopic (exact) mass is 686 g/mol. The number of rotatable bonds is 5. The van der Waals surface area contributed by atoms with Crippen LogP contribution in [0.3, 0.4) is 0 Å². The van der Waals surface area contributed by atoms with Crippen molar-refractivity contribution >= 4 is 19.3 Å². The van der Waals surface area contributed by atoms with Crippen molar-refractivity contribution in [1.82, 2.24) is 4.57 Å². The second-order valence-electron chi connectivity index (χ2n) is 12.4. The van der Waals surface area contributed by atoms with Gasteiger partial charge in [0.1, 0.15) is 0 Å². The smallest absolute Gasteiger partial charge is 1.00 e. The molecule has 0 N–H and O–H groups in total. The van der Waals surface area contributed by atoms with Crippen molar-refractivity contribution in [3.8, 4) is 16.8 Å². The van der Waals surface area contributed by atoms with Crippen LogP contribution in [0.1, 0.15) is 76.4 Å². The predicted molar refractivity (Wildman–Crippen MR) is 170 cm³/mol. The fourth-order valence-electron chi connectivity index (χ4n) is 7.46. The molecule has 0 saturated carbocycles. The first-order valence-corrected chi connectivity index (χ1v) is 19.3. The Kier molecular flexibility index (Phi) is 10.2. The van der Waals surface area contributed by atoms with Gasteiger partial charge in [-0.2, -0.15) is 0 Å². The number of hydrogen-bond acceptors (Lipinski definition) is 0. The van der Waals surface area contributed by atoms with Crippen molar-refractivity contribution in [1.29, 1.82) is 0 Å². The van der Waals surface area contributed by atoms with E-state index in [4.69, 9.17) is 0 Å². The van der Waals surface area contributed by atoms with Crippen LogP contribution >= 0.6 is 0 Å². The van der Waals surface area contributed by atoms with Crippen LogP contribution in [-0.4, -0.2) is 12.6 Å². The van der Waals surface area contributed by atoms with Crippen molar-refractivity contribution in [3.05, 3.63) is 124 Å². The molecule has 2 unspecified atom stereocenters. The van der Waals surface area contributed by atoms with Gasteiger partial charge in [-0.05, 0) is 42.8 Å². The Morgan fingerprint density at radius 2 is 1.52 bits per heavy atom. The Hall–Kier alpha value is -1.90. The van der Waals surface area contributed by atoms with Gasteiger partial charge in [0.25, 0.3) is 0 Å². The predicted octanol–water partition coefficient (Wildman–Crippen LogP) is 4.17. The molecule has 2 atom stereocenters. The normalized spacial score (nSPS) is 18.5. The molecule has 1 aromatic heterocycles. The zero-order valence-electron chi connectivity index (χ0n) is 25.6. The van der Waals surface area contributed by atoms with Crippen molar-refractivity contribution in [3.63, 3.8) is 0 Å². The van der Waals surface area contributed by atoms with Gasteiger partial charge in [0.05, 0.1) is 8.07 Å². The number of aryl methyl sites for hydroxylation is 2. The van der Waals surface area contributed by atoms with E-state index in [1.54, 1.807) is 41.1 Å². The van der Waals surface area contributed by atoms with Gasteiger partial charge in [-0.15, -0.1) is 0 Å². The topological polar surface area (TPSA) is 4.93 Å². The van der Waals surface area contributed by atoms with Gasteiger partial charge in [-0.3, -0.25) is 0 Å². The zero-order valence-corrected chi connectivity index (χ0v) is 30.5. The molecule has 5 heteroatoms. The van der Waals surface area contributed by atoms with Crippen molar-refractivity contribution in [2.45, 2.75) is 69.2 Å². The quantitative estimate of drug-likeness (QED) is 0.278. The second kappa shape index (κ2) is 13.0. The van der Waals surface area contributed by atoms with Gasteiger partial charge in [-0.25, -0.2) is 0 Å². The molecule has 4 aliphatic rings. The van der Waals surface area contributed by atoms with Gasteiger partial charge < -0.3 is 29.4 Å². The molecular weight excluding hydrogens is 649 g/mol. The maximum absolute atomic E-state index is 2.52. The third-order valence-electron chi connectivity index (χ3n) is 9.33. The van der Waals surface area contributed by atoms with Gasteiger partial charge in [0.2, 0.25) is 0 Å². The van der Waals surface area contributed by atoms with E-state index in [1.807, 2.05) is 0 Å². The summed E-state index contributed by atoms with van der Waals surface area (Å²) >= 11 is 1.59. The summed E-state index contributed by atoms with van der Waals surface area (Å²) in [6.07, 6.45) is 6.12. The first kappa shape index (κ1) is 33.0. The molecule has 0 fully saturated rings. The van der Waals surface area contributed by atoms with Crippen molar-refractivity contribution in [2.24, 2.45) is 0 Å². The van der Waals surface area contributed by atoms with Gasteiger partial charge in [0.15, 0.2) is 0 Å². The molecule has 4 aromatic rings. The molecule has 0 radical (unpaired) electrons. The summed E-state index contributed by atoms with van der Waals surface area (Å²) in [4.78, 5) is 0. The number of benzene rings is 3. The average molecular weight is 689 g/mol. The zero-order chi connectivity index (χ0) is 28.2. The summed E-state index contributed by atoms with van der Waals surface area (Å²) in [5.41, 5.74) is 16.9. The second-order valence-corrected chi connectivity index (χ2v) is 18.3. The van der Waals surface area contributed by atoms with E-state index < -0.39 is 8.07 Å². The average Bonchev–Trinajstić information content (AvgIpc) is 3.60. The van der Waals surface area contributed by atoms with Crippen LogP contribution in [0, 0.1) is 6.92 Å². The molecule has 0 amide bonds. The molecule has 1 nitrogen and oxygen atoms in total. The van der Waals surface area contributed by atoms with Crippen molar-refractivity contribution in [2.75, 3.05) is 0 Å². The first-order chi connectivity index (χ1) is 19.2. The largest absolute Gasteiger partial charge is 1.00 e. The van der Waals surface area contributed by atoms with E-state index in [2.05, 4.69) is 130 Å². The van der Waals surface area contributed by atoms with E-state index in [0.717, 1.165) is 5.54 Å². The third kappa shape index (κ3) is 5.45. The number of allylic oxidation sites excluding steroid dienone is 2. The molecule has 3 heterocycles. The molecule has 42 heavy (non-hydrogen) atoms. The summed E-state index contributed by atoms with van der Waals surface area (Å²) in [6, 6.07) is 29.1. The molecule has 0 saturated heterocycles. The fourth-order valence-corrected chi connectivity index (χ4v) is 12.6. The van der Waals surface area contributed by atoms with Gasteiger partial charge in [0, 0.05) is 22.6 Å². The van der Waals surface area contributed by atoms with Crippen LogP contribution in [-0.2, 0) is 31.1 Å². The van der Waals surface area contributed by atoms with Crippen LogP contribution in [0.15, 0.2) is 90.0 Å². The summed E-state index contributed by atoms with van der Waals surface area (Å²) in [5, 5.41) is 1.71. The van der Waals surface area contributed by atoms with E-state index in [9.17, 15) is 0 Å². The van der Waals surface area contributed by atoms with Crippen molar-refractivity contribution < 1.29 is 49.5 Å². The SMILES string of the molecule is CC1=C2c3c(cc(C)n3-c3ccccc3)C1[Si]2(C)C.CCCCc1ccc(-c2cccc3c2C=C(C)[CH]3[Zr+2])cc1.[Cl-].[Cl-]. The van der Waals surface area contributed by atoms with Gasteiger partial charge in [-0.1, -0.05) is 36.9 Å². The molecular formula is C37H40Cl2NSiZr. The summed E-state index contributed by atoms with van der Waals surface area (Å²) in [7, 11) is -1.19.